The van der Waals surface area contributed by atoms with E-state index in [4.69, 9.17) is 9.47 Å². The minimum atomic E-state index is -4.06. The van der Waals surface area contributed by atoms with Crippen LogP contribution in [0, 0.1) is 0 Å². The van der Waals surface area contributed by atoms with Crippen LogP contribution in [0.25, 0.3) is 10.2 Å². The van der Waals surface area contributed by atoms with Gasteiger partial charge in [0, 0.05) is 33.2 Å². The molecule has 3 rings (SSSR count). The largest absolute Gasteiger partial charge is 0.465 e. The number of aryl methyl sites for hydroxylation is 1. The number of fused-ring (bicyclic) bond motifs is 1. The fourth-order valence-electron chi connectivity index (χ4n) is 3.50. The lowest BCUT2D eigenvalue weighted by atomic mass is 10.2. The van der Waals surface area contributed by atoms with E-state index in [1.165, 1.54) is 16.9 Å². The standard InChI is InChI=1S/C21H26N4O8S2/c1-4-33-21(29)25-9-7-24(8-10-25)18(27)13-35(30,31)12-17(26)22-20-23(2)15-6-5-14(19(28)32-3)11-16(15)34-20/h5-6,11H,4,7-10,12-13H2,1-3H3. The van der Waals surface area contributed by atoms with Gasteiger partial charge in [-0.25, -0.2) is 18.0 Å². The van der Waals surface area contributed by atoms with Crippen LogP contribution in [-0.4, -0.2) is 98.1 Å². The first-order valence-corrected chi connectivity index (χ1v) is 13.3. The molecule has 1 aromatic carbocycles. The Kier molecular flexibility index (Phi) is 8.27. The summed E-state index contributed by atoms with van der Waals surface area (Å²) >= 11 is 1.12. The molecule has 0 spiro atoms. The fraction of sp³-hybridized carbons (Fsp3) is 0.476. The topological polar surface area (TPSA) is 145 Å². The summed E-state index contributed by atoms with van der Waals surface area (Å²) in [6, 6.07) is 4.86. The first kappa shape index (κ1) is 26.3. The van der Waals surface area contributed by atoms with Crippen molar-refractivity contribution in [1.29, 1.82) is 0 Å². The molecule has 1 saturated heterocycles. The van der Waals surface area contributed by atoms with Gasteiger partial charge in [-0.1, -0.05) is 11.3 Å². The summed E-state index contributed by atoms with van der Waals surface area (Å²) in [6.45, 7) is 2.76. The number of hydrogen-bond donors (Lipinski definition) is 0. The molecule has 190 valence electrons. The summed E-state index contributed by atoms with van der Waals surface area (Å²) in [4.78, 5) is 55.3. The number of carbonyl (C=O) groups excluding carboxylic acids is 4. The number of aromatic nitrogens is 1. The minimum absolute atomic E-state index is 0.177. The van der Waals surface area contributed by atoms with Crippen LogP contribution in [0.1, 0.15) is 17.3 Å². The number of sulfone groups is 1. The first-order chi connectivity index (χ1) is 16.5. The summed E-state index contributed by atoms with van der Waals surface area (Å²) < 4.78 is 36.9. The quantitative estimate of drug-likeness (QED) is 0.485. The van der Waals surface area contributed by atoms with Crippen molar-refractivity contribution < 1.29 is 37.1 Å². The maximum Gasteiger partial charge on any atom is 0.409 e. The highest BCUT2D eigenvalue weighted by Crippen LogP contribution is 2.19. The van der Waals surface area contributed by atoms with Crippen molar-refractivity contribution in [2.75, 3.05) is 51.4 Å². The summed E-state index contributed by atoms with van der Waals surface area (Å²) in [6.07, 6.45) is -0.477. The number of hydrogen-bond acceptors (Lipinski definition) is 9. The molecule has 2 heterocycles. The van der Waals surface area contributed by atoms with Gasteiger partial charge in [0.25, 0.3) is 5.91 Å². The second-order valence-electron chi connectivity index (χ2n) is 7.72. The van der Waals surface area contributed by atoms with E-state index in [9.17, 15) is 27.6 Å². The Hall–Kier alpha value is -3.26. The molecular weight excluding hydrogens is 500 g/mol. The summed E-state index contributed by atoms with van der Waals surface area (Å²) in [5.74, 6) is -3.78. The zero-order valence-electron chi connectivity index (χ0n) is 19.6. The van der Waals surface area contributed by atoms with Gasteiger partial charge in [-0.3, -0.25) is 9.59 Å². The third-order valence-electron chi connectivity index (χ3n) is 5.30. The zero-order chi connectivity index (χ0) is 25.8. The highest BCUT2D eigenvalue weighted by molar-refractivity contribution is 7.92. The molecule has 1 aromatic heterocycles. The highest BCUT2D eigenvalue weighted by atomic mass is 32.2. The van der Waals surface area contributed by atoms with Gasteiger partial charge < -0.3 is 23.8 Å². The molecule has 1 aliphatic rings. The van der Waals surface area contributed by atoms with E-state index in [1.54, 1.807) is 36.7 Å². The van der Waals surface area contributed by atoms with Crippen molar-refractivity contribution in [2.45, 2.75) is 6.92 Å². The van der Waals surface area contributed by atoms with Crippen molar-refractivity contribution in [3.05, 3.63) is 28.6 Å². The summed E-state index contributed by atoms with van der Waals surface area (Å²) in [7, 11) is -1.12. The maximum atomic E-state index is 12.5. The van der Waals surface area contributed by atoms with Gasteiger partial charge in [0.05, 0.1) is 29.5 Å². The molecule has 0 saturated carbocycles. The molecule has 2 aromatic rings. The normalized spacial score (nSPS) is 14.8. The number of rotatable bonds is 6. The highest BCUT2D eigenvalue weighted by Gasteiger charge is 2.28. The van der Waals surface area contributed by atoms with E-state index in [-0.39, 0.29) is 37.6 Å². The van der Waals surface area contributed by atoms with Crippen molar-refractivity contribution in [2.24, 2.45) is 12.0 Å². The molecule has 0 radical (unpaired) electrons. The average Bonchev–Trinajstić information content (AvgIpc) is 3.12. The average molecular weight is 527 g/mol. The van der Waals surface area contributed by atoms with Gasteiger partial charge in [0.15, 0.2) is 14.6 Å². The van der Waals surface area contributed by atoms with Gasteiger partial charge in [0.1, 0.15) is 11.5 Å². The number of nitrogens with zero attached hydrogens (tertiary/aromatic N) is 4. The monoisotopic (exact) mass is 526 g/mol. The van der Waals surface area contributed by atoms with E-state index in [0.717, 1.165) is 11.3 Å². The van der Waals surface area contributed by atoms with Gasteiger partial charge >= 0.3 is 12.1 Å². The van der Waals surface area contributed by atoms with Crippen molar-refractivity contribution in [1.82, 2.24) is 14.4 Å². The van der Waals surface area contributed by atoms with Crippen LogP contribution in [0.5, 0.6) is 0 Å². The number of carbonyl (C=O) groups is 4. The van der Waals surface area contributed by atoms with Crippen LogP contribution in [0.15, 0.2) is 23.2 Å². The molecule has 0 atom stereocenters. The first-order valence-electron chi connectivity index (χ1n) is 10.7. The number of ether oxygens (including phenoxy) is 2. The van der Waals surface area contributed by atoms with E-state index >= 15 is 0 Å². The Bertz CT molecular complexity index is 1320. The predicted octanol–water partition coefficient (Wildman–Crippen LogP) is 0.169. The van der Waals surface area contributed by atoms with Gasteiger partial charge in [-0.2, -0.15) is 4.99 Å². The number of esters is 1. The van der Waals surface area contributed by atoms with Crippen LogP contribution in [0.2, 0.25) is 0 Å². The Balaban J connectivity index is 1.64. The fourth-order valence-corrected chi connectivity index (χ4v) is 5.67. The van der Waals surface area contributed by atoms with E-state index in [1.807, 2.05) is 0 Å². The second-order valence-corrected chi connectivity index (χ2v) is 10.8. The van der Waals surface area contributed by atoms with Crippen LogP contribution in [-0.2, 0) is 35.9 Å². The number of methoxy groups -OCH3 is 1. The Morgan fingerprint density at radius 3 is 2.34 bits per heavy atom. The Labute approximate surface area is 205 Å². The van der Waals surface area contributed by atoms with Crippen molar-refractivity contribution >= 4 is 55.3 Å². The summed E-state index contributed by atoms with van der Waals surface area (Å²) in [5, 5.41) is 0. The molecular formula is C21H26N4O8S2. The van der Waals surface area contributed by atoms with E-state index < -0.39 is 45.2 Å². The van der Waals surface area contributed by atoms with Crippen LogP contribution >= 0.6 is 11.3 Å². The Morgan fingerprint density at radius 1 is 1.06 bits per heavy atom. The maximum absolute atomic E-state index is 12.5. The molecule has 0 N–H and O–H groups in total. The van der Waals surface area contributed by atoms with E-state index in [2.05, 4.69) is 4.99 Å². The zero-order valence-corrected chi connectivity index (χ0v) is 21.2. The molecule has 35 heavy (non-hydrogen) atoms. The van der Waals surface area contributed by atoms with Crippen molar-refractivity contribution in [3.63, 3.8) is 0 Å². The number of amides is 3. The van der Waals surface area contributed by atoms with Crippen LogP contribution in [0.4, 0.5) is 4.79 Å². The van der Waals surface area contributed by atoms with Crippen molar-refractivity contribution in [3.8, 4) is 0 Å². The molecule has 1 fully saturated rings. The van der Waals surface area contributed by atoms with Gasteiger partial charge in [-0.05, 0) is 25.1 Å². The number of thiazole rings is 1. The molecule has 14 heteroatoms. The number of piperazine rings is 1. The molecule has 12 nitrogen and oxygen atoms in total. The Morgan fingerprint density at radius 2 is 1.71 bits per heavy atom. The summed E-state index contributed by atoms with van der Waals surface area (Å²) in [5.41, 5.74) is 1.04. The lowest BCUT2D eigenvalue weighted by Crippen LogP contribution is -2.52. The van der Waals surface area contributed by atoms with Gasteiger partial charge in [0.2, 0.25) is 5.91 Å². The third-order valence-corrected chi connectivity index (χ3v) is 7.76. The molecule has 1 aliphatic heterocycles. The molecule has 0 aliphatic carbocycles. The van der Waals surface area contributed by atoms with Crippen LogP contribution in [0.3, 0.4) is 0 Å². The lowest BCUT2D eigenvalue weighted by Gasteiger charge is -2.34. The second kappa shape index (κ2) is 11.0. The third kappa shape index (κ3) is 6.45. The smallest absolute Gasteiger partial charge is 0.409 e. The molecule has 3 amide bonds. The lowest BCUT2D eigenvalue weighted by molar-refractivity contribution is -0.130. The SMILES string of the molecule is CCOC(=O)N1CCN(C(=O)CS(=O)(=O)CC(=O)N=c2sc3cc(C(=O)OC)ccc3n2C)CC1. The molecule has 0 unspecified atom stereocenters. The minimum Gasteiger partial charge on any atom is -0.465 e. The van der Waals surface area contributed by atoms with Gasteiger partial charge in [-0.15, -0.1) is 0 Å². The van der Waals surface area contributed by atoms with E-state index in [0.29, 0.717) is 15.8 Å². The predicted molar refractivity (Wildman–Crippen MR) is 127 cm³/mol. The molecule has 0 bridgehead atoms. The van der Waals surface area contributed by atoms with Crippen LogP contribution < -0.4 is 4.80 Å². The number of benzene rings is 1.